The van der Waals surface area contributed by atoms with E-state index in [1.165, 1.54) is 6.92 Å². The molecule has 0 bridgehead atoms. The summed E-state index contributed by atoms with van der Waals surface area (Å²) in [5, 5.41) is 9.02. The minimum atomic E-state index is -0.421. The van der Waals surface area contributed by atoms with Crippen LogP contribution in [0.1, 0.15) is 25.3 Å². The number of carbonyl (C=O) groups is 1. The van der Waals surface area contributed by atoms with E-state index in [9.17, 15) is 4.79 Å². The second kappa shape index (κ2) is 5.16. The Bertz CT molecular complexity index is 367. The molecule has 1 aromatic carbocycles. The van der Waals surface area contributed by atoms with E-state index in [1.54, 1.807) is 6.92 Å². The fourth-order valence-corrected chi connectivity index (χ4v) is 1.44. The number of ether oxygens (including phenoxy) is 1. The average Bonchev–Trinajstić information content (AvgIpc) is 2.19. The first kappa shape index (κ1) is 11.3. The summed E-state index contributed by atoms with van der Waals surface area (Å²) < 4.78 is 5.00. The largest absolute Gasteiger partial charge is 0.461 e. The van der Waals surface area contributed by atoms with Gasteiger partial charge in [-0.05, 0) is 12.5 Å². The number of rotatable bonds is 3. The van der Waals surface area contributed by atoms with Gasteiger partial charge in [-0.3, -0.25) is 4.79 Å². The minimum Gasteiger partial charge on any atom is -0.461 e. The fraction of sp³-hybridized carbons (Fsp3) is 0.333. The van der Waals surface area contributed by atoms with Gasteiger partial charge < -0.3 is 4.74 Å². The quantitative estimate of drug-likeness (QED) is 0.708. The van der Waals surface area contributed by atoms with Crippen LogP contribution in [0.5, 0.6) is 0 Å². The lowest BCUT2D eigenvalue weighted by Crippen LogP contribution is -2.20. The van der Waals surface area contributed by atoms with Gasteiger partial charge in [0.05, 0.1) is 6.07 Å². The molecule has 3 heteroatoms. The summed E-state index contributed by atoms with van der Waals surface area (Å²) in [6, 6.07) is 11.5. The molecule has 2 atom stereocenters. The molecule has 1 rings (SSSR count). The maximum absolute atomic E-state index is 10.8. The number of nitriles is 1. The number of carbonyl (C=O) groups excluding carboxylic acids is 1. The van der Waals surface area contributed by atoms with Crippen LogP contribution in [0.15, 0.2) is 30.3 Å². The average molecular weight is 203 g/mol. The molecule has 0 aliphatic carbocycles. The van der Waals surface area contributed by atoms with Gasteiger partial charge in [-0.1, -0.05) is 30.3 Å². The maximum Gasteiger partial charge on any atom is 0.302 e. The maximum atomic E-state index is 10.8. The third-order valence-electron chi connectivity index (χ3n) is 2.12. The Labute approximate surface area is 89.3 Å². The van der Waals surface area contributed by atoms with Crippen LogP contribution in [-0.4, -0.2) is 12.1 Å². The number of hydrogen-bond acceptors (Lipinski definition) is 3. The molecular formula is C12H13NO2. The Balaban J connectivity index is 2.81. The monoisotopic (exact) mass is 203 g/mol. The lowest BCUT2D eigenvalue weighted by atomic mass is 9.96. The van der Waals surface area contributed by atoms with E-state index >= 15 is 0 Å². The molecule has 78 valence electrons. The summed E-state index contributed by atoms with van der Waals surface area (Å²) in [5.41, 5.74) is 0.869. The van der Waals surface area contributed by atoms with Gasteiger partial charge in [0, 0.05) is 6.92 Å². The van der Waals surface area contributed by atoms with Crippen LogP contribution in [0, 0.1) is 11.3 Å². The SMILES string of the molecule is CC(=O)OC(C)C(C#N)c1ccccc1. The van der Waals surface area contributed by atoms with E-state index < -0.39 is 12.0 Å². The molecule has 0 aliphatic rings. The van der Waals surface area contributed by atoms with Crippen LogP contribution < -0.4 is 0 Å². The van der Waals surface area contributed by atoms with E-state index in [0.29, 0.717) is 0 Å². The predicted octanol–water partition coefficient (Wildman–Crippen LogP) is 2.25. The molecule has 0 saturated heterocycles. The standard InChI is InChI=1S/C12H13NO2/c1-9(15-10(2)14)12(8-13)11-6-4-3-5-7-11/h3-7,9,12H,1-2H3. The Morgan fingerprint density at radius 1 is 1.40 bits per heavy atom. The van der Waals surface area contributed by atoms with Crippen molar-refractivity contribution in [3.05, 3.63) is 35.9 Å². The van der Waals surface area contributed by atoms with Gasteiger partial charge >= 0.3 is 5.97 Å². The first-order chi connectivity index (χ1) is 7.15. The summed E-state index contributed by atoms with van der Waals surface area (Å²) in [5.74, 6) is -0.770. The molecular weight excluding hydrogens is 190 g/mol. The summed E-state index contributed by atoms with van der Waals surface area (Å²) in [6.07, 6.45) is -0.421. The predicted molar refractivity (Wildman–Crippen MR) is 56.0 cm³/mol. The van der Waals surface area contributed by atoms with E-state index in [-0.39, 0.29) is 5.97 Å². The van der Waals surface area contributed by atoms with Gasteiger partial charge in [0.15, 0.2) is 0 Å². The second-order valence-corrected chi connectivity index (χ2v) is 3.33. The van der Waals surface area contributed by atoms with E-state index in [0.717, 1.165) is 5.56 Å². The first-order valence-corrected chi connectivity index (χ1v) is 4.77. The Morgan fingerprint density at radius 2 is 2.00 bits per heavy atom. The highest BCUT2D eigenvalue weighted by Gasteiger charge is 2.20. The van der Waals surface area contributed by atoms with Crippen LogP contribution in [0.2, 0.25) is 0 Å². The molecule has 0 fully saturated rings. The normalized spacial score (nSPS) is 13.7. The molecule has 0 amide bonds. The highest BCUT2D eigenvalue weighted by molar-refractivity contribution is 5.66. The van der Waals surface area contributed by atoms with E-state index in [1.807, 2.05) is 30.3 Å². The number of benzene rings is 1. The van der Waals surface area contributed by atoms with Crippen molar-refractivity contribution in [1.82, 2.24) is 0 Å². The number of hydrogen-bond donors (Lipinski definition) is 0. The minimum absolute atomic E-state index is 0.362. The molecule has 0 saturated carbocycles. The highest BCUT2D eigenvalue weighted by atomic mass is 16.5. The molecule has 1 aromatic rings. The Morgan fingerprint density at radius 3 is 2.47 bits per heavy atom. The third kappa shape index (κ3) is 3.10. The molecule has 0 aliphatic heterocycles. The smallest absolute Gasteiger partial charge is 0.302 e. The topological polar surface area (TPSA) is 50.1 Å². The van der Waals surface area contributed by atoms with Crippen molar-refractivity contribution in [2.24, 2.45) is 0 Å². The molecule has 15 heavy (non-hydrogen) atoms. The van der Waals surface area contributed by atoms with Gasteiger partial charge in [0.25, 0.3) is 0 Å². The first-order valence-electron chi connectivity index (χ1n) is 4.77. The third-order valence-corrected chi connectivity index (χ3v) is 2.12. The summed E-state index contributed by atoms with van der Waals surface area (Å²) in [4.78, 5) is 10.8. The van der Waals surface area contributed by atoms with Crippen molar-refractivity contribution in [2.45, 2.75) is 25.9 Å². The summed E-state index contributed by atoms with van der Waals surface area (Å²) >= 11 is 0. The van der Waals surface area contributed by atoms with Crippen LogP contribution in [0.4, 0.5) is 0 Å². The number of esters is 1. The lowest BCUT2D eigenvalue weighted by molar-refractivity contribution is -0.145. The molecule has 0 N–H and O–H groups in total. The van der Waals surface area contributed by atoms with Crippen LogP contribution in [0.3, 0.4) is 0 Å². The van der Waals surface area contributed by atoms with Gasteiger partial charge in [-0.2, -0.15) is 5.26 Å². The number of nitrogens with zero attached hydrogens (tertiary/aromatic N) is 1. The van der Waals surface area contributed by atoms with Crippen LogP contribution in [-0.2, 0) is 9.53 Å². The molecule has 2 unspecified atom stereocenters. The van der Waals surface area contributed by atoms with Gasteiger partial charge in [0.2, 0.25) is 0 Å². The zero-order valence-corrected chi connectivity index (χ0v) is 8.81. The van der Waals surface area contributed by atoms with Crippen molar-refractivity contribution < 1.29 is 9.53 Å². The molecule has 0 radical (unpaired) electrons. The van der Waals surface area contributed by atoms with Crippen molar-refractivity contribution in [1.29, 1.82) is 5.26 Å². The van der Waals surface area contributed by atoms with Crippen molar-refractivity contribution >= 4 is 5.97 Å². The van der Waals surface area contributed by atoms with Gasteiger partial charge in [0.1, 0.15) is 12.0 Å². The fourth-order valence-electron chi connectivity index (χ4n) is 1.44. The molecule has 0 aromatic heterocycles. The second-order valence-electron chi connectivity index (χ2n) is 3.33. The van der Waals surface area contributed by atoms with Gasteiger partial charge in [-0.25, -0.2) is 0 Å². The molecule has 0 spiro atoms. The Kier molecular flexibility index (Phi) is 3.87. The van der Waals surface area contributed by atoms with Crippen molar-refractivity contribution in [3.8, 4) is 6.07 Å². The summed E-state index contributed by atoms with van der Waals surface area (Å²) in [7, 11) is 0. The Hall–Kier alpha value is -1.82. The lowest BCUT2D eigenvalue weighted by Gasteiger charge is -2.17. The zero-order valence-electron chi connectivity index (χ0n) is 8.81. The molecule has 0 heterocycles. The van der Waals surface area contributed by atoms with Crippen molar-refractivity contribution in [3.63, 3.8) is 0 Å². The van der Waals surface area contributed by atoms with E-state index in [2.05, 4.69) is 6.07 Å². The van der Waals surface area contributed by atoms with E-state index in [4.69, 9.17) is 10.00 Å². The van der Waals surface area contributed by atoms with Crippen molar-refractivity contribution in [2.75, 3.05) is 0 Å². The molecule has 3 nitrogen and oxygen atoms in total. The highest BCUT2D eigenvalue weighted by Crippen LogP contribution is 2.20. The zero-order chi connectivity index (χ0) is 11.3. The van der Waals surface area contributed by atoms with Crippen LogP contribution >= 0.6 is 0 Å². The summed E-state index contributed by atoms with van der Waals surface area (Å²) in [6.45, 7) is 3.07. The van der Waals surface area contributed by atoms with Crippen LogP contribution in [0.25, 0.3) is 0 Å². The van der Waals surface area contributed by atoms with Gasteiger partial charge in [-0.15, -0.1) is 0 Å².